The van der Waals surface area contributed by atoms with Crippen molar-refractivity contribution in [3.63, 3.8) is 0 Å². The van der Waals surface area contributed by atoms with Gasteiger partial charge >= 0.3 is 5.97 Å². The molecule has 7 heteroatoms. The molecule has 3 rings (SSSR count). The second kappa shape index (κ2) is 9.34. The Labute approximate surface area is 177 Å². The molecule has 0 aliphatic rings. The van der Waals surface area contributed by atoms with Crippen LogP contribution in [0.2, 0.25) is 0 Å². The lowest BCUT2D eigenvalue weighted by Gasteiger charge is -2.18. The number of nitrogens with one attached hydrogen (secondary N) is 1. The number of amides is 1. The molecule has 0 saturated heterocycles. The van der Waals surface area contributed by atoms with Crippen molar-refractivity contribution in [3.8, 4) is 0 Å². The summed E-state index contributed by atoms with van der Waals surface area (Å²) in [6.07, 6.45) is 2.15. The van der Waals surface area contributed by atoms with E-state index in [4.69, 9.17) is 10.5 Å². The lowest BCUT2D eigenvalue weighted by Crippen LogP contribution is -2.24. The van der Waals surface area contributed by atoms with Crippen LogP contribution in [0.5, 0.6) is 0 Å². The number of halogens is 1. The summed E-state index contributed by atoms with van der Waals surface area (Å²) >= 11 is 3.37. The summed E-state index contributed by atoms with van der Waals surface area (Å²) < 4.78 is 5.53. The highest BCUT2D eigenvalue weighted by Crippen LogP contribution is 2.26. The van der Waals surface area contributed by atoms with Crippen molar-refractivity contribution in [2.24, 2.45) is 0 Å². The Kier molecular flexibility index (Phi) is 6.61. The summed E-state index contributed by atoms with van der Waals surface area (Å²) in [5, 5.41) is 2.86. The minimum absolute atomic E-state index is 0.235. The molecule has 0 spiro atoms. The van der Waals surface area contributed by atoms with Gasteiger partial charge in [-0.25, -0.2) is 4.79 Å². The van der Waals surface area contributed by atoms with Gasteiger partial charge in [0.2, 0.25) is 5.91 Å². The second-order valence-corrected chi connectivity index (χ2v) is 7.34. The van der Waals surface area contributed by atoms with Crippen LogP contribution in [0.15, 0.2) is 71.3 Å². The van der Waals surface area contributed by atoms with Gasteiger partial charge < -0.3 is 15.8 Å². The topological polar surface area (TPSA) is 94.3 Å². The molecular weight excluding hydrogens is 434 g/mol. The van der Waals surface area contributed by atoms with Crippen LogP contribution in [0.4, 0.5) is 11.4 Å². The number of benzene rings is 2. The zero-order valence-electron chi connectivity index (χ0n) is 15.8. The summed E-state index contributed by atoms with van der Waals surface area (Å²) in [7, 11) is 1.30. The van der Waals surface area contributed by atoms with Gasteiger partial charge in [0.15, 0.2) is 0 Å². The van der Waals surface area contributed by atoms with Gasteiger partial charge in [-0.3, -0.25) is 9.78 Å². The first-order valence-corrected chi connectivity index (χ1v) is 9.71. The average Bonchev–Trinajstić information content (AvgIpc) is 2.74. The number of nitrogen functional groups attached to an aromatic ring is 1. The van der Waals surface area contributed by atoms with Crippen LogP contribution in [0.25, 0.3) is 0 Å². The molecule has 1 heterocycles. The number of pyridine rings is 1. The number of methoxy groups -OCH3 is 1. The smallest absolute Gasteiger partial charge is 0.337 e. The predicted molar refractivity (Wildman–Crippen MR) is 116 cm³/mol. The third-order valence-corrected chi connectivity index (χ3v) is 4.91. The highest BCUT2D eigenvalue weighted by Gasteiger charge is 2.23. The highest BCUT2D eigenvalue weighted by molar-refractivity contribution is 9.10. The Morgan fingerprint density at radius 1 is 1.14 bits per heavy atom. The van der Waals surface area contributed by atoms with Crippen LogP contribution in [-0.4, -0.2) is 24.0 Å². The van der Waals surface area contributed by atoms with E-state index in [9.17, 15) is 9.59 Å². The number of carbonyl (C=O) groups excluding carboxylic acids is 2. The standard InChI is InChI=1S/C22H20BrN3O3/c1-29-22(28)15-7-9-20(18(24)12-15)26-21(27)17(11-14-5-3-2-4-6-14)19-10-8-16(23)13-25-19/h2-10,12-13,17H,11,24H2,1H3,(H,26,27). The summed E-state index contributed by atoms with van der Waals surface area (Å²) in [6, 6.07) is 18.0. The zero-order valence-corrected chi connectivity index (χ0v) is 17.3. The van der Waals surface area contributed by atoms with Crippen LogP contribution < -0.4 is 11.1 Å². The second-order valence-electron chi connectivity index (χ2n) is 6.43. The summed E-state index contributed by atoms with van der Waals surface area (Å²) in [4.78, 5) is 29.2. The van der Waals surface area contributed by atoms with E-state index in [1.807, 2.05) is 42.5 Å². The predicted octanol–water partition coefficient (Wildman–Crippen LogP) is 4.18. The lowest BCUT2D eigenvalue weighted by atomic mass is 9.94. The first-order chi connectivity index (χ1) is 14.0. The van der Waals surface area contributed by atoms with E-state index in [0.29, 0.717) is 23.4 Å². The number of carbonyl (C=O) groups is 2. The fourth-order valence-corrected chi connectivity index (χ4v) is 3.15. The van der Waals surface area contributed by atoms with Crippen molar-refractivity contribution < 1.29 is 14.3 Å². The number of hydrogen-bond donors (Lipinski definition) is 2. The fraction of sp³-hybridized carbons (Fsp3) is 0.136. The van der Waals surface area contributed by atoms with Gasteiger partial charge in [0.25, 0.3) is 0 Å². The highest BCUT2D eigenvalue weighted by atomic mass is 79.9. The molecule has 0 saturated carbocycles. The number of aromatic nitrogens is 1. The molecule has 3 aromatic rings. The number of esters is 1. The molecule has 148 valence electrons. The van der Waals surface area contributed by atoms with Crippen molar-refractivity contribution in [3.05, 3.63) is 88.2 Å². The van der Waals surface area contributed by atoms with Crippen molar-refractivity contribution in [1.29, 1.82) is 0 Å². The summed E-state index contributed by atoms with van der Waals surface area (Å²) in [5.41, 5.74) is 8.73. The molecule has 3 N–H and O–H groups in total. The number of anilines is 2. The van der Waals surface area contributed by atoms with Crippen LogP contribution in [0, 0.1) is 0 Å². The minimum atomic E-state index is -0.509. The molecule has 1 amide bonds. The number of hydrogen-bond acceptors (Lipinski definition) is 5. The van der Waals surface area contributed by atoms with Gasteiger partial charge in [-0.15, -0.1) is 0 Å². The largest absolute Gasteiger partial charge is 0.465 e. The quantitative estimate of drug-likeness (QED) is 0.431. The summed E-state index contributed by atoms with van der Waals surface area (Å²) in [6.45, 7) is 0. The van der Waals surface area contributed by atoms with Crippen molar-refractivity contribution in [1.82, 2.24) is 4.98 Å². The van der Waals surface area contributed by atoms with Gasteiger partial charge in [0.05, 0.1) is 35.7 Å². The van der Waals surface area contributed by atoms with E-state index in [2.05, 4.69) is 26.2 Å². The molecule has 0 aliphatic heterocycles. The normalized spacial score (nSPS) is 11.5. The Morgan fingerprint density at radius 3 is 2.52 bits per heavy atom. The molecule has 29 heavy (non-hydrogen) atoms. The molecule has 0 fully saturated rings. The molecule has 0 bridgehead atoms. The van der Waals surface area contributed by atoms with Gasteiger partial charge in [-0.1, -0.05) is 30.3 Å². The van der Waals surface area contributed by atoms with E-state index in [0.717, 1.165) is 10.0 Å². The van der Waals surface area contributed by atoms with E-state index in [1.54, 1.807) is 18.3 Å². The van der Waals surface area contributed by atoms with Crippen molar-refractivity contribution >= 4 is 39.2 Å². The molecule has 0 aliphatic carbocycles. The maximum atomic E-state index is 13.1. The van der Waals surface area contributed by atoms with Crippen LogP contribution in [0.1, 0.15) is 27.5 Å². The molecule has 0 radical (unpaired) electrons. The van der Waals surface area contributed by atoms with Crippen LogP contribution in [-0.2, 0) is 16.0 Å². The van der Waals surface area contributed by atoms with Gasteiger partial charge in [0, 0.05) is 10.7 Å². The van der Waals surface area contributed by atoms with E-state index in [-0.39, 0.29) is 11.6 Å². The Balaban J connectivity index is 1.86. The molecule has 1 atom stereocenters. The molecule has 2 aromatic carbocycles. The maximum absolute atomic E-state index is 13.1. The fourth-order valence-electron chi connectivity index (χ4n) is 2.92. The van der Waals surface area contributed by atoms with E-state index in [1.165, 1.54) is 13.2 Å². The van der Waals surface area contributed by atoms with Gasteiger partial charge in [-0.2, -0.15) is 0 Å². The average molecular weight is 454 g/mol. The third-order valence-electron chi connectivity index (χ3n) is 4.44. The Hall–Kier alpha value is -3.19. The van der Waals surface area contributed by atoms with Crippen molar-refractivity contribution in [2.45, 2.75) is 12.3 Å². The SMILES string of the molecule is COC(=O)c1ccc(NC(=O)C(Cc2ccccc2)c2ccc(Br)cn2)c(N)c1. The third kappa shape index (κ3) is 5.20. The van der Waals surface area contributed by atoms with E-state index < -0.39 is 11.9 Å². The van der Waals surface area contributed by atoms with Gasteiger partial charge in [-0.05, 0) is 58.2 Å². The van der Waals surface area contributed by atoms with Crippen LogP contribution in [0.3, 0.4) is 0 Å². The monoisotopic (exact) mass is 453 g/mol. The first-order valence-electron chi connectivity index (χ1n) is 8.92. The number of ether oxygens (including phenoxy) is 1. The van der Waals surface area contributed by atoms with Gasteiger partial charge in [0.1, 0.15) is 0 Å². The zero-order chi connectivity index (χ0) is 20.8. The summed E-state index contributed by atoms with van der Waals surface area (Å²) in [5.74, 6) is -1.23. The molecule has 1 unspecified atom stereocenters. The molecule has 1 aromatic heterocycles. The molecular formula is C22H20BrN3O3. The van der Waals surface area contributed by atoms with E-state index >= 15 is 0 Å². The Bertz CT molecular complexity index is 1010. The number of rotatable bonds is 6. The lowest BCUT2D eigenvalue weighted by molar-refractivity contribution is -0.117. The number of nitrogens with two attached hydrogens (primary N) is 1. The molecule has 6 nitrogen and oxygen atoms in total. The van der Waals surface area contributed by atoms with Crippen molar-refractivity contribution in [2.75, 3.05) is 18.2 Å². The maximum Gasteiger partial charge on any atom is 0.337 e. The first kappa shape index (κ1) is 20.5. The minimum Gasteiger partial charge on any atom is -0.465 e. The number of nitrogens with zero attached hydrogens (tertiary/aromatic N) is 1. The van der Waals surface area contributed by atoms with Crippen LogP contribution >= 0.6 is 15.9 Å². The Morgan fingerprint density at radius 2 is 1.90 bits per heavy atom.